The summed E-state index contributed by atoms with van der Waals surface area (Å²) in [6.45, 7) is 0. The van der Waals surface area contributed by atoms with Gasteiger partial charge in [0.05, 0.1) is 5.56 Å². The molecule has 0 radical (unpaired) electrons. The van der Waals surface area contributed by atoms with Crippen LogP contribution in [0.25, 0.3) is 0 Å². The second-order valence-corrected chi connectivity index (χ2v) is 5.93. The molecule has 0 aliphatic rings. The molecule has 0 atom stereocenters. The maximum absolute atomic E-state index is 12.6. The minimum absolute atomic E-state index is 0.209. The maximum atomic E-state index is 12.6. The molecular weight excluding hydrogens is 369 g/mol. The van der Waals surface area contributed by atoms with Crippen molar-refractivity contribution < 1.29 is 22.8 Å². The second-order valence-electron chi connectivity index (χ2n) is 5.93. The largest absolute Gasteiger partial charge is 0.416 e. The van der Waals surface area contributed by atoms with E-state index in [2.05, 4.69) is 10.6 Å². The normalized spacial score (nSPS) is 11.0. The van der Waals surface area contributed by atoms with Crippen LogP contribution in [0.3, 0.4) is 0 Å². The molecule has 0 aromatic heterocycles. The van der Waals surface area contributed by atoms with Crippen molar-refractivity contribution in [1.29, 1.82) is 0 Å². The number of hydrogen-bond donors (Lipinski definition) is 2. The number of halogens is 3. The van der Waals surface area contributed by atoms with Gasteiger partial charge in [-0.2, -0.15) is 13.2 Å². The minimum atomic E-state index is -4.44. The van der Waals surface area contributed by atoms with Gasteiger partial charge in [-0.3, -0.25) is 9.59 Å². The predicted octanol–water partition coefficient (Wildman–Crippen LogP) is 5.21. The van der Waals surface area contributed by atoms with Crippen LogP contribution in [0.5, 0.6) is 0 Å². The summed E-state index contributed by atoms with van der Waals surface area (Å²) in [4.78, 5) is 24.7. The third kappa shape index (κ3) is 4.76. The van der Waals surface area contributed by atoms with Gasteiger partial charge >= 0.3 is 6.18 Å². The molecule has 2 amide bonds. The van der Waals surface area contributed by atoms with Crippen LogP contribution in [0.2, 0.25) is 0 Å². The Morgan fingerprint density at radius 2 is 1.14 bits per heavy atom. The standard InChI is InChI=1S/C21H15F3N2O2/c22-21(23,24)16-9-11-18(12-10-16)26-20(28)15-6-4-5-14(13-15)19(27)25-17-7-2-1-3-8-17/h1-13H,(H,25,27)(H,26,28). The lowest BCUT2D eigenvalue weighted by Crippen LogP contribution is -2.15. The Labute approximate surface area is 159 Å². The fourth-order valence-corrected chi connectivity index (χ4v) is 2.47. The van der Waals surface area contributed by atoms with Crippen LogP contribution in [0.4, 0.5) is 24.5 Å². The minimum Gasteiger partial charge on any atom is -0.322 e. The molecule has 0 aliphatic carbocycles. The van der Waals surface area contributed by atoms with E-state index in [-0.39, 0.29) is 22.7 Å². The Morgan fingerprint density at radius 1 is 0.643 bits per heavy atom. The van der Waals surface area contributed by atoms with E-state index in [1.165, 1.54) is 24.3 Å². The number of para-hydroxylation sites is 1. The van der Waals surface area contributed by atoms with Gasteiger partial charge in [-0.15, -0.1) is 0 Å². The highest BCUT2D eigenvalue weighted by Gasteiger charge is 2.30. The first kappa shape index (κ1) is 19.2. The summed E-state index contributed by atoms with van der Waals surface area (Å²) >= 11 is 0. The highest BCUT2D eigenvalue weighted by molar-refractivity contribution is 6.08. The van der Waals surface area contributed by atoms with Gasteiger partial charge in [0, 0.05) is 22.5 Å². The molecule has 0 unspecified atom stereocenters. The Morgan fingerprint density at radius 3 is 1.64 bits per heavy atom. The van der Waals surface area contributed by atoms with Crippen LogP contribution in [0, 0.1) is 0 Å². The molecular formula is C21H15F3N2O2. The molecule has 0 bridgehead atoms. The Bertz CT molecular complexity index is 985. The quantitative estimate of drug-likeness (QED) is 0.649. The van der Waals surface area contributed by atoms with Crippen LogP contribution >= 0.6 is 0 Å². The molecule has 0 spiro atoms. The molecule has 0 fully saturated rings. The van der Waals surface area contributed by atoms with Gasteiger partial charge in [-0.25, -0.2) is 0 Å². The molecule has 4 nitrogen and oxygen atoms in total. The average molecular weight is 384 g/mol. The molecule has 0 aliphatic heterocycles. The van der Waals surface area contributed by atoms with Crippen molar-refractivity contribution in [2.75, 3.05) is 10.6 Å². The number of amides is 2. The number of rotatable bonds is 4. The van der Waals surface area contributed by atoms with Gasteiger partial charge in [0.25, 0.3) is 11.8 Å². The van der Waals surface area contributed by atoms with Crippen LogP contribution < -0.4 is 10.6 Å². The lowest BCUT2D eigenvalue weighted by atomic mass is 10.1. The highest BCUT2D eigenvalue weighted by atomic mass is 19.4. The third-order valence-corrected chi connectivity index (χ3v) is 3.89. The van der Waals surface area contributed by atoms with Gasteiger partial charge in [0.2, 0.25) is 0 Å². The number of alkyl halides is 3. The van der Waals surface area contributed by atoms with Gasteiger partial charge < -0.3 is 10.6 Å². The van der Waals surface area contributed by atoms with Crippen LogP contribution in [-0.2, 0) is 6.18 Å². The molecule has 3 aromatic rings. The van der Waals surface area contributed by atoms with E-state index in [0.29, 0.717) is 5.69 Å². The molecule has 3 aromatic carbocycles. The number of carbonyl (C=O) groups is 2. The molecule has 0 saturated heterocycles. The molecule has 0 saturated carbocycles. The summed E-state index contributed by atoms with van der Waals surface area (Å²) in [6.07, 6.45) is -4.44. The smallest absolute Gasteiger partial charge is 0.322 e. The summed E-state index contributed by atoms with van der Waals surface area (Å²) in [5.74, 6) is -0.913. The van der Waals surface area contributed by atoms with Crippen molar-refractivity contribution >= 4 is 23.2 Å². The van der Waals surface area contributed by atoms with E-state index in [1.54, 1.807) is 36.4 Å². The first-order chi connectivity index (χ1) is 13.3. The van der Waals surface area contributed by atoms with Gasteiger partial charge in [-0.05, 0) is 54.6 Å². The SMILES string of the molecule is O=C(Nc1ccccc1)c1cccc(C(=O)Nc2ccc(C(F)(F)F)cc2)c1. The summed E-state index contributed by atoms with van der Waals surface area (Å²) in [5.41, 5.74) is 0.527. The van der Waals surface area contributed by atoms with E-state index < -0.39 is 17.6 Å². The fourth-order valence-electron chi connectivity index (χ4n) is 2.47. The van der Waals surface area contributed by atoms with Gasteiger partial charge in [-0.1, -0.05) is 24.3 Å². The number of hydrogen-bond acceptors (Lipinski definition) is 2. The summed E-state index contributed by atoms with van der Waals surface area (Å²) < 4.78 is 37.8. The van der Waals surface area contributed by atoms with Crippen LogP contribution in [-0.4, -0.2) is 11.8 Å². The lowest BCUT2D eigenvalue weighted by molar-refractivity contribution is -0.137. The number of anilines is 2. The zero-order valence-corrected chi connectivity index (χ0v) is 14.5. The van der Waals surface area contributed by atoms with Gasteiger partial charge in [0.1, 0.15) is 0 Å². The number of benzene rings is 3. The third-order valence-electron chi connectivity index (χ3n) is 3.89. The van der Waals surface area contributed by atoms with Crippen molar-refractivity contribution in [2.45, 2.75) is 6.18 Å². The Balaban J connectivity index is 1.71. The first-order valence-corrected chi connectivity index (χ1v) is 8.28. The lowest BCUT2D eigenvalue weighted by Gasteiger charge is -2.10. The summed E-state index contributed by atoms with van der Waals surface area (Å²) in [6, 6.07) is 19.0. The molecule has 142 valence electrons. The van der Waals surface area contributed by atoms with Crippen LogP contribution in [0.1, 0.15) is 26.3 Å². The zero-order chi connectivity index (χ0) is 20.1. The zero-order valence-electron chi connectivity index (χ0n) is 14.5. The molecule has 28 heavy (non-hydrogen) atoms. The van der Waals surface area contributed by atoms with E-state index in [9.17, 15) is 22.8 Å². The summed E-state index contributed by atoms with van der Waals surface area (Å²) in [7, 11) is 0. The molecule has 0 heterocycles. The second kappa shape index (κ2) is 7.96. The fraction of sp³-hybridized carbons (Fsp3) is 0.0476. The van der Waals surface area contributed by atoms with E-state index >= 15 is 0 Å². The van der Waals surface area contributed by atoms with E-state index in [1.807, 2.05) is 6.07 Å². The monoisotopic (exact) mass is 384 g/mol. The Hall–Kier alpha value is -3.61. The van der Waals surface area contributed by atoms with Crippen molar-refractivity contribution in [3.63, 3.8) is 0 Å². The van der Waals surface area contributed by atoms with Crippen molar-refractivity contribution in [3.05, 3.63) is 95.6 Å². The van der Waals surface area contributed by atoms with E-state index in [4.69, 9.17) is 0 Å². The Kier molecular flexibility index (Phi) is 5.44. The molecule has 2 N–H and O–H groups in total. The van der Waals surface area contributed by atoms with E-state index in [0.717, 1.165) is 12.1 Å². The highest BCUT2D eigenvalue weighted by Crippen LogP contribution is 2.29. The van der Waals surface area contributed by atoms with Crippen LogP contribution in [0.15, 0.2) is 78.9 Å². The van der Waals surface area contributed by atoms with Crippen molar-refractivity contribution in [1.82, 2.24) is 0 Å². The van der Waals surface area contributed by atoms with Crippen molar-refractivity contribution in [3.8, 4) is 0 Å². The molecule has 3 rings (SSSR count). The predicted molar refractivity (Wildman–Crippen MR) is 100 cm³/mol. The molecule has 7 heteroatoms. The van der Waals surface area contributed by atoms with Gasteiger partial charge in [0.15, 0.2) is 0 Å². The topological polar surface area (TPSA) is 58.2 Å². The maximum Gasteiger partial charge on any atom is 0.416 e. The average Bonchev–Trinajstić information content (AvgIpc) is 2.68. The summed E-state index contributed by atoms with van der Waals surface area (Å²) in [5, 5.41) is 5.23. The number of nitrogens with one attached hydrogen (secondary N) is 2. The van der Waals surface area contributed by atoms with Crippen molar-refractivity contribution in [2.24, 2.45) is 0 Å². The first-order valence-electron chi connectivity index (χ1n) is 8.28. The number of carbonyl (C=O) groups excluding carboxylic acids is 2.